The van der Waals surface area contributed by atoms with Crippen LogP contribution in [0.2, 0.25) is 0 Å². The van der Waals surface area contributed by atoms with Crippen molar-refractivity contribution in [3.8, 4) is 0 Å². The summed E-state index contributed by atoms with van der Waals surface area (Å²) in [6.45, 7) is -0.197. The summed E-state index contributed by atoms with van der Waals surface area (Å²) < 4.78 is 0. The second-order valence-corrected chi connectivity index (χ2v) is 8.23. The van der Waals surface area contributed by atoms with Gasteiger partial charge in [0.2, 0.25) is 5.91 Å². The van der Waals surface area contributed by atoms with E-state index in [1.165, 1.54) is 0 Å². The Morgan fingerprint density at radius 1 is 0.788 bits per heavy atom. The van der Waals surface area contributed by atoms with Gasteiger partial charge in [-0.1, -0.05) is 60.7 Å². The minimum Gasteiger partial charge on any atom is -0.394 e. The quantitative estimate of drug-likeness (QED) is 0.448. The maximum absolute atomic E-state index is 13.2. The molecule has 2 atom stereocenters. The molecule has 2 unspecified atom stereocenters. The highest BCUT2D eigenvalue weighted by molar-refractivity contribution is 5.97. The summed E-state index contributed by atoms with van der Waals surface area (Å²) >= 11 is 0. The first-order valence-electron chi connectivity index (χ1n) is 11.0. The average Bonchev–Trinajstić information content (AvgIpc) is 2.84. The molecule has 6 nitrogen and oxygen atoms in total. The Morgan fingerprint density at radius 2 is 1.36 bits per heavy atom. The number of benzene rings is 3. The molecular weight excluding hydrogens is 414 g/mol. The number of hydrogen-bond donors (Lipinski definition) is 3. The molecule has 0 heterocycles. The lowest BCUT2D eigenvalue weighted by atomic mass is 10.0. The average molecular weight is 446 g/mol. The zero-order chi connectivity index (χ0) is 23.6. The molecule has 0 aliphatic rings. The molecule has 0 bridgehead atoms. The molecule has 3 N–H and O–H groups in total. The number of amides is 2. The van der Waals surface area contributed by atoms with Crippen LogP contribution in [-0.2, 0) is 17.6 Å². The standard InChI is InChI=1S/C27H31N3O3/c1-30(2)24-15-13-21(14-16-24)18-25(29-26(32)22-11-7-4-8-12-22)27(33)28-23(19-31)17-20-9-5-3-6-10-20/h3-16,23,25,31H,17-19H2,1-2H3,(H,28,33)(H,29,32). The van der Waals surface area contributed by atoms with E-state index in [0.29, 0.717) is 18.4 Å². The first kappa shape index (κ1) is 24.0. The van der Waals surface area contributed by atoms with Crippen LogP contribution >= 0.6 is 0 Å². The van der Waals surface area contributed by atoms with Crippen molar-refractivity contribution in [3.63, 3.8) is 0 Å². The van der Waals surface area contributed by atoms with Crippen molar-refractivity contribution >= 4 is 17.5 Å². The van der Waals surface area contributed by atoms with Gasteiger partial charge in [0.15, 0.2) is 0 Å². The molecule has 0 saturated carbocycles. The first-order chi connectivity index (χ1) is 16.0. The van der Waals surface area contributed by atoms with Gasteiger partial charge >= 0.3 is 0 Å². The number of carbonyl (C=O) groups excluding carboxylic acids is 2. The summed E-state index contributed by atoms with van der Waals surface area (Å²) in [7, 11) is 3.93. The summed E-state index contributed by atoms with van der Waals surface area (Å²) in [5.74, 6) is -0.643. The number of aliphatic hydroxyl groups is 1. The largest absolute Gasteiger partial charge is 0.394 e. The molecule has 0 aliphatic carbocycles. The topological polar surface area (TPSA) is 81.7 Å². The lowest BCUT2D eigenvalue weighted by Gasteiger charge is -2.23. The van der Waals surface area contributed by atoms with Crippen LogP contribution in [0, 0.1) is 0 Å². The molecule has 0 aliphatic heterocycles. The lowest BCUT2D eigenvalue weighted by molar-refractivity contribution is -0.124. The summed E-state index contributed by atoms with van der Waals surface area (Å²) in [5.41, 5.74) is 3.48. The van der Waals surface area contributed by atoms with Crippen LogP contribution in [0.5, 0.6) is 0 Å². The molecule has 3 aromatic rings. The van der Waals surface area contributed by atoms with E-state index in [9.17, 15) is 14.7 Å². The van der Waals surface area contributed by atoms with E-state index in [4.69, 9.17) is 0 Å². The highest BCUT2D eigenvalue weighted by Gasteiger charge is 2.24. The fraction of sp³-hybridized carbons (Fsp3) is 0.259. The first-order valence-corrected chi connectivity index (χ1v) is 11.0. The molecule has 6 heteroatoms. The van der Waals surface area contributed by atoms with Gasteiger partial charge < -0.3 is 20.6 Å². The van der Waals surface area contributed by atoms with E-state index in [0.717, 1.165) is 16.8 Å². The Kier molecular flexibility index (Phi) is 8.61. The van der Waals surface area contributed by atoms with Gasteiger partial charge in [0, 0.05) is 31.8 Å². The van der Waals surface area contributed by atoms with Gasteiger partial charge in [-0.15, -0.1) is 0 Å². The van der Waals surface area contributed by atoms with Crippen LogP contribution in [-0.4, -0.2) is 49.7 Å². The lowest BCUT2D eigenvalue weighted by Crippen LogP contribution is -2.52. The van der Waals surface area contributed by atoms with Gasteiger partial charge in [-0.05, 0) is 41.8 Å². The summed E-state index contributed by atoms with van der Waals surface area (Å²) in [6.07, 6.45) is 0.835. The second kappa shape index (κ2) is 11.8. The van der Waals surface area contributed by atoms with E-state index in [1.807, 2.05) is 79.7 Å². The third kappa shape index (κ3) is 7.19. The molecule has 3 rings (SSSR count). The zero-order valence-corrected chi connectivity index (χ0v) is 19.1. The molecule has 2 amide bonds. The summed E-state index contributed by atoms with van der Waals surface area (Å²) in [5, 5.41) is 15.6. The van der Waals surface area contributed by atoms with Gasteiger partial charge in [-0.3, -0.25) is 9.59 Å². The maximum atomic E-state index is 13.2. The van der Waals surface area contributed by atoms with Crippen LogP contribution in [0.15, 0.2) is 84.9 Å². The van der Waals surface area contributed by atoms with Crippen molar-refractivity contribution in [1.29, 1.82) is 0 Å². The minimum absolute atomic E-state index is 0.197. The molecule has 0 fully saturated rings. The van der Waals surface area contributed by atoms with Crippen LogP contribution in [0.4, 0.5) is 5.69 Å². The van der Waals surface area contributed by atoms with Crippen molar-refractivity contribution in [2.75, 3.05) is 25.6 Å². The van der Waals surface area contributed by atoms with E-state index < -0.39 is 12.1 Å². The highest BCUT2D eigenvalue weighted by atomic mass is 16.3. The van der Waals surface area contributed by atoms with Crippen molar-refractivity contribution in [3.05, 3.63) is 102 Å². The predicted octanol–water partition coefficient (Wildman–Crippen LogP) is 2.81. The van der Waals surface area contributed by atoms with Gasteiger partial charge in [0.1, 0.15) is 6.04 Å². The van der Waals surface area contributed by atoms with Crippen molar-refractivity contribution in [2.24, 2.45) is 0 Å². The Labute approximate surface area is 195 Å². The smallest absolute Gasteiger partial charge is 0.251 e. The monoisotopic (exact) mass is 445 g/mol. The molecule has 0 spiro atoms. The van der Waals surface area contributed by atoms with Gasteiger partial charge in [-0.2, -0.15) is 0 Å². The third-order valence-corrected chi connectivity index (χ3v) is 5.44. The Morgan fingerprint density at radius 3 is 1.94 bits per heavy atom. The molecule has 3 aromatic carbocycles. The molecule has 0 aromatic heterocycles. The number of nitrogens with zero attached hydrogens (tertiary/aromatic N) is 1. The molecular formula is C27H31N3O3. The van der Waals surface area contributed by atoms with Gasteiger partial charge in [-0.25, -0.2) is 0 Å². The Hall–Kier alpha value is -3.64. The van der Waals surface area contributed by atoms with Crippen LogP contribution in [0.3, 0.4) is 0 Å². The van der Waals surface area contributed by atoms with Gasteiger partial charge in [0.05, 0.1) is 12.6 Å². The number of carbonyl (C=O) groups is 2. The number of hydrogen-bond acceptors (Lipinski definition) is 4. The summed E-state index contributed by atoms with van der Waals surface area (Å²) in [4.78, 5) is 28.0. The Balaban J connectivity index is 1.75. The molecule has 33 heavy (non-hydrogen) atoms. The van der Waals surface area contributed by atoms with Crippen molar-refractivity contribution < 1.29 is 14.7 Å². The maximum Gasteiger partial charge on any atom is 0.251 e. The highest BCUT2D eigenvalue weighted by Crippen LogP contribution is 2.14. The SMILES string of the molecule is CN(C)c1ccc(CC(NC(=O)c2ccccc2)C(=O)NC(CO)Cc2ccccc2)cc1. The van der Waals surface area contributed by atoms with E-state index >= 15 is 0 Å². The zero-order valence-electron chi connectivity index (χ0n) is 19.1. The number of anilines is 1. The van der Waals surface area contributed by atoms with Crippen LogP contribution in [0.1, 0.15) is 21.5 Å². The normalized spacial score (nSPS) is 12.5. The van der Waals surface area contributed by atoms with Gasteiger partial charge in [0.25, 0.3) is 5.91 Å². The van der Waals surface area contributed by atoms with E-state index in [2.05, 4.69) is 10.6 Å². The predicted molar refractivity (Wildman–Crippen MR) is 131 cm³/mol. The number of rotatable bonds is 10. The van der Waals surface area contributed by atoms with Crippen LogP contribution in [0.25, 0.3) is 0 Å². The molecule has 0 radical (unpaired) electrons. The van der Waals surface area contributed by atoms with Crippen LogP contribution < -0.4 is 15.5 Å². The van der Waals surface area contributed by atoms with E-state index in [-0.39, 0.29) is 18.4 Å². The number of aliphatic hydroxyl groups excluding tert-OH is 1. The molecule has 0 saturated heterocycles. The minimum atomic E-state index is -0.785. The van der Waals surface area contributed by atoms with E-state index in [1.54, 1.807) is 24.3 Å². The second-order valence-electron chi connectivity index (χ2n) is 8.23. The van der Waals surface area contributed by atoms with Crippen molar-refractivity contribution in [2.45, 2.75) is 24.9 Å². The Bertz CT molecular complexity index is 1020. The molecule has 172 valence electrons. The number of nitrogens with one attached hydrogen (secondary N) is 2. The summed E-state index contributed by atoms with van der Waals surface area (Å²) in [6, 6.07) is 25.1. The third-order valence-electron chi connectivity index (χ3n) is 5.44. The van der Waals surface area contributed by atoms with Crippen molar-refractivity contribution in [1.82, 2.24) is 10.6 Å². The fourth-order valence-electron chi connectivity index (χ4n) is 3.57. The fourth-order valence-corrected chi connectivity index (χ4v) is 3.57.